The summed E-state index contributed by atoms with van der Waals surface area (Å²) in [6.07, 6.45) is 3.86. The van der Waals surface area contributed by atoms with Crippen molar-refractivity contribution in [3.05, 3.63) is 51.5 Å². The van der Waals surface area contributed by atoms with Crippen LogP contribution < -0.4 is 5.32 Å². The normalized spacial score (nSPS) is 19.0. The highest BCUT2D eigenvalue weighted by molar-refractivity contribution is 9.10. The summed E-state index contributed by atoms with van der Waals surface area (Å²) in [5.41, 5.74) is 1.23. The Hall–Kier alpha value is -0.590. The van der Waals surface area contributed by atoms with E-state index in [0.29, 0.717) is 6.04 Å². The predicted molar refractivity (Wildman–Crippen MR) is 95.6 cm³/mol. The molecule has 3 rings (SSSR count). The molecule has 7 heteroatoms. The fourth-order valence-corrected chi connectivity index (χ4v) is 3.21. The Kier molecular flexibility index (Phi) is 6.29. The third kappa shape index (κ3) is 3.84. The van der Waals surface area contributed by atoms with Crippen molar-refractivity contribution < 1.29 is 0 Å². The summed E-state index contributed by atoms with van der Waals surface area (Å²) >= 11 is 9.64. The van der Waals surface area contributed by atoms with Gasteiger partial charge in [0.1, 0.15) is 5.82 Å². The van der Waals surface area contributed by atoms with Crippen LogP contribution in [0.3, 0.4) is 0 Å². The van der Waals surface area contributed by atoms with E-state index in [9.17, 15) is 0 Å². The van der Waals surface area contributed by atoms with Gasteiger partial charge in [-0.3, -0.25) is 4.90 Å². The molecule has 22 heavy (non-hydrogen) atoms. The van der Waals surface area contributed by atoms with Crippen LogP contribution in [-0.2, 0) is 13.6 Å². The maximum atomic E-state index is 6.20. The van der Waals surface area contributed by atoms with Crippen LogP contribution in [0.1, 0.15) is 17.4 Å². The summed E-state index contributed by atoms with van der Waals surface area (Å²) in [5, 5.41) is 4.22. The first-order valence-corrected chi connectivity index (χ1v) is 8.18. The molecule has 0 bridgehead atoms. The SMILES string of the molecule is Cl.Cn1ccnc1C1CNCCN1Cc1ccc(Br)c(Cl)c1. The standard InChI is InChI=1S/C15H18BrClN4.ClH/c1-20-6-5-19-15(20)14-9-18-4-7-21(14)10-11-2-3-12(16)13(17)8-11;/h2-3,5-6,8,14,18H,4,7,9-10H2,1H3;1H. The number of rotatable bonds is 3. The van der Waals surface area contributed by atoms with Crippen LogP contribution in [0.4, 0.5) is 0 Å². The largest absolute Gasteiger partial charge is 0.337 e. The smallest absolute Gasteiger partial charge is 0.127 e. The third-order valence-electron chi connectivity index (χ3n) is 3.88. The number of imidazole rings is 1. The highest BCUT2D eigenvalue weighted by atomic mass is 79.9. The lowest BCUT2D eigenvalue weighted by Gasteiger charge is -2.35. The third-order valence-corrected chi connectivity index (χ3v) is 5.11. The van der Waals surface area contributed by atoms with Crippen LogP contribution in [0.15, 0.2) is 35.1 Å². The summed E-state index contributed by atoms with van der Waals surface area (Å²) < 4.78 is 3.04. The lowest BCUT2D eigenvalue weighted by molar-refractivity contribution is 0.145. The Morgan fingerprint density at radius 1 is 1.45 bits per heavy atom. The fraction of sp³-hybridized carbons (Fsp3) is 0.400. The van der Waals surface area contributed by atoms with Crippen LogP contribution in [0.5, 0.6) is 0 Å². The van der Waals surface area contributed by atoms with Gasteiger partial charge < -0.3 is 9.88 Å². The predicted octanol–water partition coefficient (Wildman–Crippen LogP) is 3.40. The minimum absolute atomic E-state index is 0. The van der Waals surface area contributed by atoms with Gasteiger partial charge in [0.15, 0.2) is 0 Å². The van der Waals surface area contributed by atoms with Gasteiger partial charge in [-0.1, -0.05) is 17.7 Å². The highest BCUT2D eigenvalue weighted by Crippen LogP contribution is 2.26. The quantitative estimate of drug-likeness (QED) is 0.849. The van der Waals surface area contributed by atoms with Crippen LogP contribution in [0.2, 0.25) is 5.02 Å². The maximum absolute atomic E-state index is 6.20. The fourth-order valence-electron chi connectivity index (χ4n) is 2.76. The summed E-state index contributed by atoms with van der Waals surface area (Å²) in [4.78, 5) is 6.97. The van der Waals surface area contributed by atoms with Gasteiger partial charge in [0, 0.05) is 50.1 Å². The Bertz CT molecular complexity index is 632. The molecule has 1 aromatic carbocycles. The second-order valence-electron chi connectivity index (χ2n) is 5.34. The van der Waals surface area contributed by atoms with Crippen molar-refractivity contribution in [3.63, 3.8) is 0 Å². The number of aryl methyl sites for hydroxylation is 1. The number of aromatic nitrogens is 2. The number of hydrogen-bond donors (Lipinski definition) is 1. The first-order chi connectivity index (χ1) is 10.1. The Morgan fingerprint density at radius 3 is 2.95 bits per heavy atom. The van der Waals surface area contributed by atoms with Gasteiger partial charge in [0.05, 0.1) is 11.1 Å². The molecule has 1 aliphatic heterocycles. The summed E-state index contributed by atoms with van der Waals surface area (Å²) in [6, 6.07) is 6.45. The van der Waals surface area contributed by atoms with Crippen molar-refractivity contribution in [2.75, 3.05) is 19.6 Å². The molecular weight excluding hydrogens is 387 g/mol. The first kappa shape index (κ1) is 17.8. The number of benzene rings is 1. The van der Waals surface area contributed by atoms with Crippen molar-refractivity contribution in [2.45, 2.75) is 12.6 Å². The topological polar surface area (TPSA) is 33.1 Å². The highest BCUT2D eigenvalue weighted by Gasteiger charge is 2.26. The van der Waals surface area contributed by atoms with E-state index < -0.39 is 0 Å². The molecule has 1 N–H and O–H groups in total. The molecule has 0 amide bonds. The molecule has 1 aliphatic rings. The van der Waals surface area contributed by atoms with Crippen LogP contribution in [0, 0.1) is 0 Å². The van der Waals surface area contributed by atoms with E-state index in [1.165, 1.54) is 5.56 Å². The molecule has 4 nitrogen and oxygen atoms in total. The molecule has 1 saturated heterocycles. The Labute approximate surface area is 150 Å². The summed E-state index contributed by atoms with van der Waals surface area (Å²) in [6.45, 7) is 3.82. The number of piperazine rings is 1. The van der Waals surface area contributed by atoms with Crippen molar-refractivity contribution in [2.24, 2.45) is 7.05 Å². The second kappa shape index (κ2) is 7.79. The molecule has 1 unspecified atom stereocenters. The zero-order valence-corrected chi connectivity index (χ0v) is 15.5. The lowest BCUT2D eigenvalue weighted by Crippen LogP contribution is -2.46. The molecule has 0 aliphatic carbocycles. The number of nitrogens with zero attached hydrogens (tertiary/aromatic N) is 3. The van der Waals surface area contributed by atoms with Crippen molar-refractivity contribution in [1.82, 2.24) is 19.8 Å². The second-order valence-corrected chi connectivity index (χ2v) is 6.60. The molecule has 1 atom stereocenters. The molecule has 0 radical (unpaired) electrons. The summed E-state index contributed by atoms with van der Waals surface area (Å²) in [5.74, 6) is 1.10. The van der Waals surface area contributed by atoms with E-state index >= 15 is 0 Å². The zero-order valence-electron chi connectivity index (χ0n) is 12.3. The molecule has 0 saturated carbocycles. The van der Waals surface area contributed by atoms with Gasteiger partial charge in [-0.25, -0.2) is 4.98 Å². The molecule has 2 aromatic rings. The maximum Gasteiger partial charge on any atom is 0.127 e. The monoisotopic (exact) mass is 404 g/mol. The van der Waals surface area contributed by atoms with Crippen molar-refractivity contribution in [1.29, 1.82) is 0 Å². The minimum Gasteiger partial charge on any atom is -0.337 e. The Morgan fingerprint density at radius 2 is 2.27 bits per heavy atom. The number of hydrogen-bond acceptors (Lipinski definition) is 3. The van der Waals surface area contributed by atoms with E-state index in [1.54, 1.807) is 0 Å². The summed E-state index contributed by atoms with van der Waals surface area (Å²) in [7, 11) is 2.05. The van der Waals surface area contributed by atoms with Gasteiger partial charge in [0.2, 0.25) is 0 Å². The van der Waals surface area contributed by atoms with Gasteiger partial charge in [-0.2, -0.15) is 0 Å². The first-order valence-electron chi connectivity index (χ1n) is 7.01. The van der Waals surface area contributed by atoms with Crippen LogP contribution in [0.25, 0.3) is 0 Å². The molecule has 2 heterocycles. The molecule has 1 aromatic heterocycles. The van der Waals surface area contributed by atoms with E-state index in [4.69, 9.17) is 11.6 Å². The Balaban J connectivity index is 0.00000176. The average Bonchev–Trinajstić information content (AvgIpc) is 2.90. The number of nitrogens with one attached hydrogen (secondary N) is 1. The van der Waals surface area contributed by atoms with Crippen molar-refractivity contribution in [3.8, 4) is 0 Å². The molecule has 0 spiro atoms. The molecule has 1 fully saturated rings. The van der Waals surface area contributed by atoms with Crippen molar-refractivity contribution >= 4 is 39.9 Å². The lowest BCUT2D eigenvalue weighted by atomic mass is 10.1. The average molecular weight is 406 g/mol. The van der Waals surface area contributed by atoms with Gasteiger partial charge in [-0.05, 0) is 33.6 Å². The molecular formula is C15H19BrCl2N4. The van der Waals surface area contributed by atoms with Crippen LogP contribution >= 0.6 is 39.9 Å². The zero-order chi connectivity index (χ0) is 14.8. The van der Waals surface area contributed by atoms with E-state index in [2.05, 4.69) is 41.8 Å². The van der Waals surface area contributed by atoms with E-state index in [0.717, 1.165) is 41.5 Å². The number of halogens is 3. The van der Waals surface area contributed by atoms with Gasteiger partial charge in [0.25, 0.3) is 0 Å². The molecule has 120 valence electrons. The minimum atomic E-state index is 0. The van der Waals surface area contributed by atoms with E-state index in [-0.39, 0.29) is 12.4 Å². The van der Waals surface area contributed by atoms with Gasteiger partial charge in [-0.15, -0.1) is 12.4 Å². The van der Waals surface area contributed by atoms with E-state index in [1.807, 2.05) is 31.6 Å². The van der Waals surface area contributed by atoms with Gasteiger partial charge >= 0.3 is 0 Å². The van der Waals surface area contributed by atoms with Crippen LogP contribution in [-0.4, -0.2) is 34.1 Å².